The lowest BCUT2D eigenvalue weighted by Gasteiger charge is -2.25. The summed E-state index contributed by atoms with van der Waals surface area (Å²) in [5.41, 5.74) is 0.821. The Labute approximate surface area is 199 Å². The van der Waals surface area contributed by atoms with Gasteiger partial charge in [-0.1, -0.05) is 48.5 Å². The van der Waals surface area contributed by atoms with Crippen molar-refractivity contribution in [1.29, 1.82) is 0 Å². The second kappa shape index (κ2) is 11.6. The average Bonchev–Trinajstić information content (AvgIpc) is 3.36. The summed E-state index contributed by atoms with van der Waals surface area (Å²) in [4.78, 5) is 39.2. The number of carbonyl (C=O) groups is 3. The van der Waals surface area contributed by atoms with Crippen molar-refractivity contribution in [3.63, 3.8) is 0 Å². The number of rotatable bonds is 9. The first-order chi connectivity index (χ1) is 16.3. The fourth-order valence-electron chi connectivity index (χ4n) is 3.74. The van der Waals surface area contributed by atoms with Crippen molar-refractivity contribution in [3.05, 3.63) is 66.2 Å². The van der Waals surface area contributed by atoms with Crippen molar-refractivity contribution < 1.29 is 32.3 Å². The average molecular weight is 489 g/mol. The van der Waals surface area contributed by atoms with Crippen molar-refractivity contribution in [1.82, 2.24) is 10.2 Å². The fraction of sp³-hybridized carbons (Fsp3) is 0.375. The highest BCUT2D eigenvalue weighted by Gasteiger charge is 2.37. The molecular weight excluding hydrogens is 460 g/mol. The normalized spacial score (nSPS) is 16.5. The molecule has 0 radical (unpaired) electrons. The van der Waals surface area contributed by atoms with Crippen molar-refractivity contribution in [3.8, 4) is 0 Å². The topological polar surface area (TPSA) is 119 Å². The van der Waals surface area contributed by atoms with E-state index in [1.807, 2.05) is 30.3 Å². The molecule has 1 heterocycles. The van der Waals surface area contributed by atoms with Gasteiger partial charge in [0, 0.05) is 6.54 Å². The summed E-state index contributed by atoms with van der Waals surface area (Å²) in [5, 5.41) is 2.56. The van der Waals surface area contributed by atoms with Gasteiger partial charge in [-0.15, -0.1) is 0 Å². The van der Waals surface area contributed by atoms with Crippen LogP contribution in [0, 0.1) is 0 Å². The van der Waals surface area contributed by atoms with Crippen molar-refractivity contribution in [2.24, 2.45) is 0 Å². The van der Waals surface area contributed by atoms with Gasteiger partial charge in [-0.3, -0.25) is 9.69 Å². The maximum absolute atomic E-state index is 12.9. The van der Waals surface area contributed by atoms with Crippen molar-refractivity contribution >= 4 is 27.8 Å². The van der Waals surface area contributed by atoms with E-state index in [4.69, 9.17) is 9.47 Å². The van der Waals surface area contributed by atoms with Gasteiger partial charge in [0.15, 0.2) is 9.84 Å². The lowest BCUT2D eigenvalue weighted by atomic mass is 10.1. The molecule has 182 valence electrons. The third-order valence-electron chi connectivity index (χ3n) is 5.57. The Morgan fingerprint density at radius 2 is 1.71 bits per heavy atom. The van der Waals surface area contributed by atoms with E-state index in [1.54, 1.807) is 18.2 Å². The minimum atomic E-state index is -3.65. The van der Waals surface area contributed by atoms with Crippen molar-refractivity contribution in [2.75, 3.05) is 19.4 Å². The van der Waals surface area contributed by atoms with Crippen LogP contribution in [0.15, 0.2) is 65.6 Å². The number of carbonyl (C=O) groups excluding carboxylic acids is 3. The molecular formula is C24H28N2O7S. The summed E-state index contributed by atoms with van der Waals surface area (Å²) in [7, 11) is -2.49. The minimum absolute atomic E-state index is 0.0760. The summed E-state index contributed by atoms with van der Waals surface area (Å²) >= 11 is 0. The molecule has 0 bridgehead atoms. The number of benzene rings is 2. The number of amides is 2. The van der Waals surface area contributed by atoms with Gasteiger partial charge in [0.1, 0.15) is 18.7 Å². The van der Waals surface area contributed by atoms with E-state index in [0.29, 0.717) is 19.4 Å². The molecule has 2 aromatic rings. The van der Waals surface area contributed by atoms with Crippen molar-refractivity contribution in [2.45, 2.75) is 42.8 Å². The van der Waals surface area contributed by atoms with Crippen LogP contribution in [0.1, 0.15) is 24.8 Å². The SMILES string of the molecule is COC(=O)[C@H](CCS(=O)(=O)c1ccccc1)NC(=O)[C@H]1CCCN1C(=O)OCc1ccccc1. The van der Waals surface area contributed by atoms with E-state index in [1.165, 1.54) is 17.0 Å². The van der Waals surface area contributed by atoms with E-state index in [9.17, 15) is 22.8 Å². The Morgan fingerprint density at radius 1 is 1.06 bits per heavy atom. The molecule has 0 spiro atoms. The molecule has 3 rings (SSSR count). The van der Waals surface area contributed by atoms with Gasteiger partial charge in [-0.2, -0.15) is 0 Å². The van der Waals surface area contributed by atoms with Gasteiger partial charge < -0.3 is 14.8 Å². The molecule has 34 heavy (non-hydrogen) atoms. The Balaban J connectivity index is 1.61. The number of esters is 1. The minimum Gasteiger partial charge on any atom is -0.467 e. The summed E-state index contributed by atoms with van der Waals surface area (Å²) in [6.45, 7) is 0.420. The predicted molar refractivity (Wildman–Crippen MR) is 123 cm³/mol. The summed E-state index contributed by atoms with van der Waals surface area (Å²) in [5.74, 6) is -1.67. The first-order valence-electron chi connectivity index (χ1n) is 10.9. The van der Waals surface area contributed by atoms with Crippen LogP contribution in [-0.4, -0.2) is 62.8 Å². The largest absolute Gasteiger partial charge is 0.467 e. The highest BCUT2D eigenvalue weighted by Crippen LogP contribution is 2.20. The highest BCUT2D eigenvalue weighted by molar-refractivity contribution is 7.91. The third-order valence-corrected chi connectivity index (χ3v) is 7.34. The van der Waals surface area contributed by atoms with E-state index in [0.717, 1.165) is 12.7 Å². The molecule has 2 amide bonds. The zero-order chi connectivity index (χ0) is 24.6. The van der Waals surface area contributed by atoms with E-state index in [-0.39, 0.29) is 23.7 Å². The Bertz CT molecular complexity index is 1090. The molecule has 2 atom stereocenters. The summed E-state index contributed by atoms with van der Waals surface area (Å²) in [6.07, 6.45) is 0.218. The Morgan fingerprint density at radius 3 is 2.35 bits per heavy atom. The zero-order valence-corrected chi connectivity index (χ0v) is 19.7. The molecule has 1 aliphatic rings. The van der Waals surface area contributed by atoms with Gasteiger partial charge >= 0.3 is 12.1 Å². The maximum Gasteiger partial charge on any atom is 0.410 e. The van der Waals surface area contributed by atoms with Crippen LogP contribution in [0.2, 0.25) is 0 Å². The zero-order valence-electron chi connectivity index (χ0n) is 18.9. The van der Waals surface area contributed by atoms with Crippen LogP contribution in [0.5, 0.6) is 0 Å². The number of ether oxygens (including phenoxy) is 2. The first-order valence-corrected chi connectivity index (χ1v) is 12.6. The van der Waals surface area contributed by atoms with Crippen LogP contribution >= 0.6 is 0 Å². The summed E-state index contributed by atoms with van der Waals surface area (Å²) in [6, 6.07) is 15.1. The van der Waals surface area contributed by atoms with Crippen LogP contribution < -0.4 is 5.32 Å². The third kappa shape index (κ3) is 6.57. The number of likely N-dealkylation sites (tertiary alicyclic amines) is 1. The summed E-state index contributed by atoms with van der Waals surface area (Å²) < 4.78 is 35.3. The van der Waals surface area contributed by atoms with Crippen LogP contribution in [-0.2, 0) is 35.5 Å². The molecule has 1 fully saturated rings. The van der Waals surface area contributed by atoms with E-state index < -0.39 is 39.9 Å². The molecule has 1 saturated heterocycles. The number of nitrogens with zero attached hydrogens (tertiary/aromatic N) is 1. The molecule has 2 aromatic carbocycles. The quantitative estimate of drug-likeness (QED) is 0.538. The predicted octanol–water partition coefficient (Wildman–Crippen LogP) is 2.31. The maximum atomic E-state index is 12.9. The van der Waals surface area contributed by atoms with Crippen LogP contribution in [0.25, 0.3) is 0 Å². The molecule has 0 unspecified atom stereocenters. The highest BCUT2D eigenvalue weighted by atomic mass is 32.2. The molecule has 0 aliphatic carbocycles. The number of sulfone groups is 1. The number of hydrogen-bond donors (Lipinski definition) is 1. The molecule has 1 N–H and O–H groups in total. The second-order valence-corrected chi connectivity index (χ2v) is 10.0. The van der Waals surface area contributed by atoms with E-state index in [2.05, 4.69) is 5.32 Å². The lowest BCUT2D eigenvalue weighted by molar-refractivity contribution is -0.145. The molecule has 9 nitrogen and oxygen atoms in total. The molecule has 0 aromatic heterocycles. The molecule has 1 aliphatic heterocycles. The van der Waals surface area contributed by atoms with E-state index >= 15 is 0 Å². The number of hydrogen-bond acceptors (Lipinski definition) is 7. The first kappa shape index (κ1) is 25.2. The smallest absolute Gasteiger partial charge is 0.410 e. The molecule has 10 heteroatoms. The second-order valence-electron chi connectivity index (χ2n) is 7.90. The van der Waals surface area contributed by atoms with Crippen LogP contribution in [0.4, 0.5) is 4.79 Å². The number of methoxy groups -OCH3 is 1. The Hall–Kier alpha value is -3.40. The van der Waals surface area contributed by atoms with Crippen LogP contribution in [0.3, 0.4) is 0 Å². The number of nitrogens with one attached hydrogen (secondary N) is 1. The Kier molecular flexibility index (Phi) is 8.64. The fourth-order valence-corrected chi connectivity index (χ4v) is 5.09. The monoisotopic (exact) mass is 488 g/mol. The standard InChI is InChI=1S/C24H28N2O7S/c1-32-23(28)20(14-16-34(30,31)19-11-6-3-7-12-19)25-22(27)21-13-8-15-26(21)24(29)33-17-18-9-4-2-5-10-18/h2-7,9-12,20-21H,8,13-17H2,1H3,(H,25,27)/t20-,21+/m0/s1. The molecule has 0 saturated carbocycles. The lowest BCUT2D eigenvalue weighted by Crippen LogP contribution is -2.51. The van der Waals surface area contributed by atoms with Gasteiger partial charge in [-0.05, 0) is 37.0 Å². The van der Waals surface area contributed by atoms with Gasteiger partial charge in [-0.25, -0.2) is 18.0 Å². The van der Waals surface area contributed by atoms with Gasteiger partial charge in [0.05, 0.1) is 17.8 Å². The van der Waals surface area contributed by atoms with Gasteiger partial charge in [0.2, 0.25) is 5.91 Å². The van der Waals surface area contributed by atoms with Gasteiger partial charge in [0.25, 0.3) is 0 Å².